The first-order valence-electron chi connectivity index (χ1n) is 10.8. The summed E-state index contributed by atoms with van der Waals surface area (Å²) in [6.07, 6.45) is 3.55. The largest absolute Gasteiger partial charge is 0.494 e. The molecular weight excluding hydrogens is 396 g/mol. The molecule has 172 valence electrons. The molecule has 1 heterocycles. The van der Waals surface area contributed by atoms with Crippen LogP contribution in [0.25, 0.3) is 0 Å². The molecule has 2 aromatic rings. The number of nitrogens with two attached hydrogens (primary N) is 1. The summed E-state index contributed by atoms with van der Waals surface area (Å²) in [6, 6.07) is 9.92. The number of pyridine rings is 1. The standard InChI is InChI=1S/C24H36N2O5/c1-4-13-24(28,19-8-7-18(2)26-16-19)23(25)22(27)17-31-21-11-9-20(10-12-21)30-15-6-5-14-29-3/h7-12,16,22-23,27-28H,4-6,13-15,17,25H2,1-3H3. The van der Waals surface area contributed by atoms with Crippen LogP contribution in [0.15, 0.2) is 42.6 Å². The van der Waals surface area contributed by atoms with Crippen LogP contribution in [0.5, 0.6) is 11.5 Å². The van der Waals surface area contributed by atoms with Crippen molar-refractivity contribution >= 4 is 0 Å². The van der Waals surface area contributed by atoms with Crippen LogP contribution in [0.4, 0.5) is 0 Å². The average molecular weight is 433 g/mol. The molecule has 0 aliphatic heterocycles. The molecule has 0 bridgehead atoms. The van der Waals surface area contributed by atoms with Crippen LogP contribution < -0.4 is 15.2 Å². The third-order valence-corrected chi connectivity index (χ3v) is 5.26. The highest BCUT2D eigenvalue weighted by Gasteiger charge is 2.40. The molecule has 0 saturated heterocycles. The lowest BCUT2D eigenvalue weighted by atomic mass is 9.81. The van der Waals surface area contributed by atoms with Gasteiger partial charge in [0, 0.05) is 31.2 Å². The van der Waals surface area contributed by atoms with E-state index in [4.69, 9.17) is 19.9 Å². The lowest BCUT2D eigenvalue weighted by Gasteiger charge is -2.36. The number of unbranched alkanes of at least 4 members (excludes halogenated alkanes) is 1. The van der Waals surface area contributed by atoms with Crippen molar-refractivity contribution in [3.8, 4) is 11.5 Å². The van der Waals surface area contributed by atoms with Crippen LogP contribution in [-0.4, -0.2) is 54.3 Å². The second-order valence-corrected chi connectivity index (χ2v) is 7.79. The molecule has 0 spiro atoms. The molecule has 7 heteroatoms. The van der Waals surface area contributed by atoms with Gasteiger partial charge in [0.1, 0.15) is 29.8 Å². The molecule has 0 fully saturated rings. The SMILES string of the molecule is CCCC(O)(c1ccc(C)nc1)C(N)C(O)COc1ccc(OCCCCOC)cc1. The third-order valence-electron chi connectivity index (χ3n) is 5.26. The molecule has 3 atom stereocenters. The first kappa shape index (κ1) is 25.1. The average Bonchev–Trinajstić information content (AvgIpc) is 2.78. The van der Waals surface area contributed by atoms with Gasteiger partial charge in [-0.25, -0.2) is 0 Å². The molecule has 1 aromatic carbocycles. The van der Waals surface area contributed by atoms with Crippen LogP contribution in [0.2, 0.25) is 0 Å². The van der Waals surface area contributed by atoms with Crippen LogP contribution in [0.1, 0.15) is 43.9 Å². The summed E-state index contributed by atoms with van der Waals surface area (Å²) in [6.45, 7) is 5.16. The van der Waals surface area contributed by atoms with Gasteiger partial charge in [-0.3, -0.25) is 4.98 Å². The van der Waals surface area contributed by atoms with Crippen molar-refractivity contribution in [1.29, 1.82) is 0 Å². The van der Waals surface area contributed by atoms with Crippen LogP contribution in [0.3, 0.4) is 0 Å². The van der Waals surface area contributed by atoms with E-state index in [0.717, 1.165) is 30.9 Å². The molecule has 4 N–H and O–H groups in total. The number of aliphatic hydroxyl groups excluding tert-OH is 1. The predicted octanol–water partition coefficient (Wildman–Crippen LogP) is 2.95. The Bertz CT molecular complexity index is 754. The van der Waals surface area contributed by atoms with Crippen LogP contribution >= 0.6 is 0 Å². The maximum atomic E-state index is 11.3. The number of aliphatic hydroxyl groups is 2. The first-order valence-corrected chi connectivity index (χ1v) is 10.8. The topological polar surface area (TPSA) is 107 Å². The number of aromatic nitrogens is 1. The maximum absolute atomic E-state index is 11.3. The fourth-order valence-electron chi connectivity index (χ4n) is 3.38. The van der Waals surface area contributed by atoms with Gasteiger partial charge in [0.2, 0.25) is 0 Å². The number of rotatable bonds is 14. The van der Waals surface area contributed by atoms with Crippen molar-refractivity contribution in [2.45, 2.75) is 57.3 Å². The van der Waals surface area contributed by atoms with Gasteiger partial charge in [0.05, 0.1) is 12.6 Å². The predicted molar refractivity (Wildman–Crippen MR) is 120 cm³/mol. The van der Waals surface area contributed by atoms with Gasteiger partial charge in [-0.05, 0) is 56.5 Å². The minimum Gasteiger partial charge on any atom is -0.494 e. The van der Waals surface area contributed by atoms with Gasteiger partial charge >= 0.3 is 0 Å². The lowest BCUT2D eigenvalue weighted by Crippen LogP contribution is -2.54. The molecule has 0 amide bonds. The quantitative estimate of drug-likeness (QED) is 0.394. The van der Waals surface area contributed by atoms with E-state index in [1.165, 1.54) is 0 Å². The normalized spacial score (nSPS) is 15.2. The number of ether oxygens (including phenoxy) is 3. The van der Waals surface area contributed by atoms with E-state index >= 15 is 0 Å². The van der Waals surface area contributed by atoms with Crippen molar-refractivity contribution in [3.05, 3.63) is 53.9 Å². The summed E-state index contributed by atoms with van der Waals surface area (Å²) in [5.74, 6) is 1.35. The van der Waals surface area contributed by atoms with Gasteiger partial charge < -0.3 is 30.2 Å². The molecule has 2 rings (SSSR count). The smallest absolute Gasteiger partial charge is 0.119 e. The number of benzene rings is 1. The van der Waals surface area contributed by atoms with Crippen LogP contribution in [0, 0.1) is 6.92 Å². The summed E-state index contributed by atoms with van der Waals surface area (Å²) in [4.78, 5) is 4.26. The molecule has 31 heavy (non-hydrogen) atoms. The zero-order chi connectivity index (χ0) is 22.7. The maximum Gasteiger partial charge on any atom is 0.119 e. The van der Waals surface area contributed by atoms with E-state index in [-0.39, 0.29) is 6.61 Å². The Balaban J connectivity index is 1.91. The molecule has 0 aliphatic carbocycles. The summed E-state index contributed by atoms with van der Waals surface area (Å²) >= 11 is 0. The van der Waals surface area contributed by atoms with E-state index in [0.29, 0.717) is 30.8 Å². The van der Waals surface area contributed by atoms with E-state index in [2.05, 4.69) is 4.98 Å². The highest BCUT2D eigenvalue weighted by Crippen LogP contribution is 2.31. The van der Waals surface area contributed by atoms with Crippen molar-refractivity contribution in [3.63, 3.8) is 0 Å². The minimum atomic E-state index is -1.39. The summed E-state index contributed by atoms with van der Waals surface area (Å²) < 4.78 is 16.4. The number of aryl methyl sites for hydroxylation is 1. The van der Waals surface area contributed by atoms with Gasteiger partial charge in [0.25, 0.3) is 0 Å². The van der Waals surface area contributed by atoms with E-state index < -0.39 is 17.7 Å². The number of methoxy groups -OCH3 is 1. The number of nitrogens with zero attached hydrogens (tertiary/aromatic N) is 1. The molecule has 0 aliphatic rings. The first-order chi connectivity index (χ1) is 14.9. The Kier molecular flexibility index (Phi) is 10.2. The molecule has 0 saturated carbocycles. The molecule has 0 radical (unpaired) electrons. The fraction of sp³-hybridized carbons (Fsp3) is 0.542. The van der Waals surface area contributed by atoms with Gasteiger partial charge in [-0.15, -0.1) is 0 Å². The Morgan fingerprint density at radius 1 is 1.03 bits per heavy atom. The Hall–Kier alpha value is -2.19. The number of hydrogen-bond acceptors (Lipinski definition) is 7. The van der Waals surface area contributed by atoms with Gasteiger partial charge in [-0.1, -0.05) is 19.4 Å². The molecule has 7 nitrogen and oxygen atoms in total. The highest BCUT2D eigenvalue weighted by atomic mass is 16.5. The summed E-state index contributed by atoms with van der Waals surface area (Å²) in [7, 11) is 1.69. The Morgan fingerprint density at radius 3 is 2.26 bits per heavy atom. The van der Waals surface area contributed by atoms with E-state index in [1.54, 1.807) is 31.5 Å². The minimum absolute atomic E-state index is 0.0380. The van der Waals surface area contributed by atoms with Crippen molar-refractivity contribution in [1.82, 2.24) is 4.98 Å². The second-order valence-electron chi connectivity index (χ2n) is 7.79. The molecule has 3 unspecified atom stereocenters. The highest BCUT2D eigenvalue weighted by molar-refractivity contribution is 5.31. The summed E-state index contributed by atoms with van der Waals surface area (Å²) in [5, 5.41) is 21.9. The van der Waals surface area contributed by atoms with Crippen molar-refractivity contribution in [2.75, 3.05) is 26.9 Å². The Labute approximate surface area is 185 Å². The molecule has 1 aromatic heterocycles. The molecular formula is C24H36N2O5. The Morgan fingerprint density at radius 2 is 1.68 bits per heavy atom. The van der Waals surface area contributed by atoms with Crippen molar-refractivity contribution in [2.24, 2.45) is 5.73 Å². The van der Waals surface area contributed by atoms with Gasteiger partial charge in [0.15, 0.2) is 0 Å². The van der Waals surface area contributed by atoms with Crippen LogP contribution in [-0.2, 0) is 10.3 Å². The lowest BCUT2D eigenvalue weighted by molar-refractivity contribution is -0.0545. The fourth-order valence-corrected chi connectivity index (χ4v) is 3.38. The monoisotopic (exact) mass is 432 g/mol. The van der Waals surface area contributed by atoms with E-state index in [9.17, 15) is 10.2 Å². The second kappa shape index (κ2) is 12.6. The zero-order valence-corrected chi connectivity index (χ0v) is 18.8. The zero-order valence-electron chi connectivity index (χ0n) is 18.8. The third kappa shape index (κ3) is 7.47. The number of hydrogen-bond donors (Lipinski definition) is 3. The van der Waals surface area contributed by atoms with Crippen molar-refractivity contribution < 1.29 is 24.4 Å². The van der Waals surface area contributed by atoms with E-state index in [1.807, 2.05) is 32.0 Å². The summed E-state index contributed by atoms with van der Waals surface area (Å²) in [5.41, 5.74) is 6.35. The van der Waals surface area contributed by atoms with Gasteiger partial charge in [-0.2, -0.15) is 0 Å².